The zero-order valence-corrected chi connectivity index (χ0v) is 13.2. The highest BCUT2D eigenvalue weighted by atomic mass is 35.5. The van der Waals surface area contributed by atoms with Crippen molar-refractivity contribution in [3.8, 4) is 0 Å². The molecule has 0 unspecified atom stereocenters. The van der Waals surface area contributed by atoms with Crippen LogP contribution >= 0.6 is 11.6 Å². The molecule has 1 aromatic heterocycles. The maximum atomic E-state index is 13.1. The molecule has 1 aliphatic carbocycles. The van der Waals surface area contributed by atoms with Crippen molar-refractivity contribution in [2.45, 2.75) is 31.2 Å². The number of carbonyl (C=O) groups excluding carboxylic acids is 1. The molecule has 1 spiro atoms. The molecule has 1 N–H and O–H groups in total. The minimum absolute atomic E-state index is 0.0868. The van der Waals surface area contributed by atoms with E-state index in [1.54, 1.807) is 11.1 Å². The molecule has 1 saturated carbocycles. The van der Waals surface area contributed by atoms with Gasteiger partial charge in [-0.1, -0.05) is 11.6 Å². The minimum Gasteiger partial charge on any atom is -0.312 e. The van der Waals surface area contributed by atoms with Gasteiger partial charge in [0.2, 0.25) is 5.91 Å². The van der Waals surface area contributed by atoms with E-state index in [1.807, 2.05) is 6.07 Å². The lowest BCUT2D eigenvalue weighted by Crippen LogP contribution is -2.29. The van der Waals surface area contributed by atoms with Gasteiger partial charge in [0.1, 0.15) is 12.1 Å². The average molecular weight is 327 g/mol. The van der Waals surface area contributed by atoms with Crippen molar-refractivity contribution < 1.29 is 4.79 Å². The molecule has 5 nitrogen and oxygen atoms in total. The number of aromatic nitrogens is 2. The Morgan fingerprint density at radius 1 is 1.26 bits per heavy atom. The lowest BCUT2D eigenvalue weighted by atomic mass is 9.99. The fourth-order valence-corrected chi connectivity index (χ4v) is 4.03. The van der Waals surface area contributed by atoms with Gasteiger partial charge in [0.25, 0.3) is 0 Å². The Balaban J connectivity index is 1.69. The first kappa shape index (κ1) is 13.5. The summed E-state index contributed by atoms with van der Waals surface area (Å²) in [6, 6.07) is 4.04. The fourth-order valence-electron chi connectivity index (χ4n) is 3.76. The van der Waals surface area contributed by atoms with Gasteiger partial charge in [-0.15, -0.1) is 0 Å². The van der Waals surface area contributed by atoms with Gasteiger partial charge in [-0.2, -0.15) is 0 Å². The van der Waals surface area contributed by atoms with Gasteiger partial charge in [0.15, 0.2) is 0 Å². The van der Waals surface area contributed by atoms with E-state index in [4.69, 9.17) is 11.6 Å². The first-order valence-electron chi connectivity index (χ1n) is 7.88. The summed E-state index contributed by atoms with van der Waals surface area (Å²) in [5.74, 6) is 0.780. The van der Waals surface area contributed by atoms with Crippen LogP contribution in [0.1, 0.15) is 29.5 Å². The molecule has 116 valence electrons. The molecule has 0 bridgehead atoms. The van der Waals surface area contributed by atoms with Crippen LogP contribution in [-0.4, -0.2) is 22.4 Å². The standard InChI is InChI=1S/C17H15ClN4O/c18-13-5-11-7-19-4-1-10(11)6-14(13)22-15-12(8-20-9-21-15)17(2-3-17)16(22)23/h5-6,8-9,19H,1-4,7H2. The number of rotatable bonds is 1. The second-order valence-electron chi connectivity index (χ2n) is 6.48. The van der Waals surface area contributed by atoms with Crippen LogP contribution in [-0.2, 0) is 23.2 Å². The van der Waals surface area contributed by atoms with Crippen LogP contribution in [0.2, 0.25) is 5.02 Å². The molecule has 2 aromatic rings. The van der Waals surface area contributed by atoms with Crippen molar-refractivity contribution in [3.05, 3.63) is 46.4 Å². The zero-order valence-electron chi connectivity index (χ0n) is 12.5. The summed E-state index contributed by atoms with van der Waals surface area (Å²) in [6.45, 7) is 1.77. The number of anilines is 2. The van der Waals surface area contributed by atoms with Crippen LogP contribution in [0.15, 0.2) is 24.7 Å². The zero-order chi connectivity index (χ0) is 15.6. The lowest BCUT2D eigenvalue weighted by Gasteiger charge is -2.23. The van der Waals surface area contributed by atoms with Crippen molar-refractivity contribution in [3.63, 3.8) is 0 Å². The molecule has 0 radical (unpaired) electrons. The van der Waals surface area contributed by atoms with E-state index in [2.05, 4.69) is 21.4 Å². The Bertz CT molecular complexity index is 846. The second-order valence-corrected chi connectivity index (χ2v) is 6.89. The van der Waals surface area contributed by atoms with Crippen molar-refractivity contribution in [2.75, 3.05) is 11.4 Å². The number of benzene rings is 1. The van der Waals surface area contributed by atoms with Gasteiger partial charge in [0.05, 0.1) is 16.1 Å². The Kier molecular flexibility index (Phi) is 2.65. The molecule has 3 aliphatic rings. The Labute approximate surface area is 138 Å². The van der Waals surface area contributed by atoms with Crippen molar-refractivity contribution in [1.82, 2.24) is 15.3 Å². The molecule has 1 fully saturated rings. The van der Waals surface area contributed by atoms with E-state index in [0.717, 1.165) is 43.6 Å². The van der Waals surface area contributed by atoms with E-state index in [1.165, 1.54) is 17.5 Å². The number of carbonyl (C=O) groups is 1. The third kappa shape index (κ3) is 1.75. The van der Waals surface area contributed by atoms with Crippen molar-refractivity contribution in [2.24, 2.45) is 0 Å². The molecule has 3 heterocycles. The number of hydrogen-bond donors (Lipinski definition) is 1. The third-order valence-electron chi connectivity index (χ3n) is 5.18. The first-order chi connectivity index (χ1) is 11.2. The van der Waals surface area contributed by atoms with E-state index in [9.17, 15) is 4.79 Å². The molecule has 5 rings (SSSR count). The van der Waals surface area contributed by atoms with E-state index in [-0.39, 0.29) is 5.91 Å². The topological polar surface area (TPSA) is 58.1 Å². The summed E-state index contributed by atoms with van der Waals surface area (Å²) < 4.78 is 0. The number of fused-ring (bicyclic) bond motifs is 3. The van der Waals surface area contributed by atoms with Crippen LogP contribution in [0, 0.1) is 0 Å². The second kappa shape index (κ2) is 4.52. The molecule has 1 amide bonds. The molecule has 0 saturated heterocycles. The predicted molar refractivity (Wildman–Crippen MR) is 87.0 cm³/mol. The SMILES string of the molecule is O=C1N(c2cc3c(cc2Cl)CNCC3)c2ncncc2C12CC2. The summed E-state index contributed by atoms with van der Waals surface area (Å²) in [5, 5.41) is 3.94. The molecular formula is C17H15ClN4O. The molecule has 23 heavy (non-hydrogen) atoms. The average Bonchev–Trinajstić information content (AvgIpc) is 3.33. The van der Waals surface area contributed by atoms with Gasteiger partial charge >= 0.3 is 0 Å². The van der Waals surface area contributed by atoms with E-state index >= 15 is 0 Å². The van der Waals surface area contributed by atoms with Gasteiger partial charge in [-0.3, -0.25) is 9.69 Å². The normalized spacial score (nSPS) is 20.6. The number of halogens is 1. The van der Waals surface area contributed by atoms with Crippen LogP contribution in [0.3, 0.4) is 0 Å². The smallest absolute Gasteiger partial charge is 0.243 e. The summed E-state index contributed by atoms with van der Waals surface area (Å²) in [5.41, 5.74) is 3.75. The van der Waals surface area contributed by atoms with Crippen molar-refractivity contribution in [1.29, 1.82) is 0 Å². The van der Waals surface area contributed by atoms with E-state index < -0.39 is 5.41 Å². The summed E-state index contributed by atoms with van der Waals surface area (Å²) in [6.07, 6.45) is 5.97. The minimum atomic E-state index is -0.405. The third-order valence-corrected chi connectivity index (χ3v) is 5.48. The van der Waals surface area contributed by atoms with Crippen LogP contribution in [0.25, 0.3) is 0 Å². The highest BCUT2D eigenvalue weighted by Crippen LogP contribution is 2.58. The molecule has 1 aromatic carbocycles. The molecular weight excluding hydrogens is 312 g/mol. The molecule has 2 aliphatic heterocycles. The summed E-state index contributed by atoms with van der Waals surface area (Å²) >= 11 is 6.52. The van der Waals surface area contributed by atoms with Gasteiger partial charge in [0, 0.05) is 18.3 Å². The summed E-state index contributed by atoms with van der Waals surface area (Å²) in [4.78, 5) is 23.3. The van der Waals surface area contributed by atoms with Crippen LogP contribution < -0.4 is 10.2 Å². The molecule has 0 atom stereocenters. The fraction of sp³-hybridized carbons (Fsp3) is 0.353. The highest BCUT2D eigenvalue weighted by Gasteiger charge is 2.60. The van der Waals surface area contributed by atoms with Crippen LogP contribution in [0.4, 0.5) is 11.5 Å². The van der Waals surface area contributed by atoms with E-state index in [0.29, 0.717) is 10.8 Å². The monoisotopic (exact) mass is 326 g/mol. The Morgan fingerprint density at radius 2 is 2.13 bits per heavy atom. The number of amides is 1. The maximum Gasteiger partial charge on any atom is 0.243 e. The Hall–Kier alpha value is -1.98. The van der Waals surface area contributed by atoms with Crippen molar-refractivity contribution >= 4 is 29.0 Å². The largest absolute Gasteiger partial charge is 0.312 e. The number of hydrogen-bond acceptors (Lipinski definition) is 4. The van der Waals surface area contributed by atoms with Gasteiger partial charge in [-0.25, -0.2) is 9.97 Å². The number of nitrogens with one attached hydrogen (secondary N) is 1. The first-order valence-corrected chi connectivity index (χ1v) is 8.25. The van der Waals surface area contributed by atoms with Crippen LogP contribution in [0.5, 0.6) is 0 Å². The number of nitrogens with zero attached hydrogens (tertiary/aromatic N) is 3. The maximum absolute atomic E-state index is 13.1. The predicted octanol–water partition coefficient (Wildman–Crippen LogP) is 2.49. The van der Waals surface area contributed by atoms with Gasteiger partial charge in [-0.05, 0) is 49.1 Å². The molecule has 6 heteroatoms. The lowest BCUT2D eigenvalue weighted by molar-refractivity contribution is -0.119. The summed E-state index contributed by atoms with van der Waals surface area (Å²) in [7, 11) is 0. The van der Waals surface area contributed by atoms with Gasteiger partial charge < -0.3 is 5.32 Å². The highest BCUT2D eigenvalue weighted by molar-refractivity contribution is 6.34. The Morgan fingerprint density at radius 3 is 2.96 bits per heavy atom. The quantitative estimate of drug-likeness (QED) is 0.874.